The maximum atomic E-state index is 12.7. The van der Waals surface area contributed by atoms with Gasteiger partial charge in [0.15, 0.2) is 9.84 Å². The van der Waals surface area contributed by atoms with Crippen LogP contribution in [0.15, 0.2) is 60.7 Å². The highest BCUT2D eigenvalue weighted by atomic mass is 32.2. The molecule has 120 valence electrons. The van der Waals surface area contributed by atoms with Gasteiger partial charge in [-0.25, -0.2) is 18.2 Å². The van der Waals surface area contributed by atoms with Crippen molar-refractivity contribution in [3.8, 4) is 0 Å². The van der Waals surface area contributed by atoms with Crippen LogP contribution in [0.25, 0.3) is 0 Å². The summed E-state index contributed by atoms with van der Waals surface area (Å²) in [6.07, 6.45) is 1.23. The van der Waals surface area contributed by atoms with Crippen LogP contribution in [0.3, 0.4) is 0 Å². The molecule has 5 heteroatoms. The Morgan fingerprint density at radius 3 is 1.43 bits per heavy atom. The van der Waals surface area contributed by atoms with Crippen LogP contribution in [0.2, 0.25) is 0 Å². The molecular formula is C18H18O4S. The van der Waals surface area contributed by atoms with E-state index in [2.05, 4.69) is 0 Å². The van der Waals surface area contributed by atoms with E-state index in [0.29, 0.717) is 12.8 Å². The van der Waals surface area contributed by atoms with Crippen LogP contribution in [0.5, 0.6) is 0 Å². The molecule has 0 saturated carbocycles. The van der Waals surface area contributed by atoms with E-state index in [1.807, 2.05) is 60.7 Å². The second-order valence-corrected chi connectivity index (χ2v) is 8.48. The minimum Gasteiger partial charge on any atom is -0.229 e. The maximum absolute atomic E-state index is 12.7. The summed E-state index contributed by atoms with van der Waals surface area (Å²) in [5, 5.41) is 0. The summed E-state index contributed by atoms with van der Waals surface area (Å²) in [6.45, 7) is 0. The van der Waals surface area contributed by atoms with Crippen molar-refractivity contribution in [3.63, 3.8) is 0 Å². The number of hydrogen-bond acceptors (Lipinski definition) is 4. The van der Waals surface area contributed by atoms with Crippen molar-refractivity contribution in [2.75, 3.05) is 11.5 Å². The molecule has 0 amide bonds. The summed E-state index contributed by atoms with van der Waals surface area (Å²) in [7, 11) is -3.32. The predicted molar refractivity (Wildman–Crippen MR) is 86.3 cm³/mol. The van der Waals surface area contributed by atoms with Gasteiger partial charge in [-0.2, -0.15) is 0 Å². The monoisotopic (exact) mass is 330 g/mol. The van der Waals surface area contributed by atoms with E-state index >= 15 is 0 Å². The summed E-state index contributed by atoms with van der Waals surface area (Å²) in [5.74, 6) is -0.0861. The summed E-state index contributed by atoms with van der Waals surface area (Å²) in [4.78, 5) is 11.6. The summed E-state index contributed by atoms with van der Waals surface area (Å²) in [5.41, 5.74) is -0.108. The topological polar surface area (TPSA) is 52.6 Å². The Bertz CT molecular complexity index is 728. The molecule has 3 fully saturated rings. The van der Waals surface area contributed by atoms with E-state index in [-0.39, 0.29) is 11.5 Å². The van der Waals surface area contributed by atoms with Gasteiger partial charge >= 0.3 is 0 Å². The van der Waals surface area contributed by atoms with Gasteiger partial charge in [-0.1, -0.05) is 60.7 Å². The Morgan fingerprint density at radius 1 is 0.696 bits per heavy atom. The first-order valence-electron chi connectivity index (χ1n) is 7.72. The third-order valence-corrected chi connectivity index (χ3v) is 6.61. The lowest BCUT2D eigenvalue weighted by Crippen LogP contribution is -2.43. The first-order chi connectivity index (χ1) is 11.0. The number of hydrogen-bond donors (Lipinski definition) is 0. The first kappa shape index (κ1) is 14.9. The molecule has 3 heterocycles. The molecule has 0 unspecified atom stereocenters. The zero-order valence-electron chi connectivity index (χ0n) is 12.6. The minimum absolute atomic E-state index is 0.0431. The van der Waals surface area contributed by atoms with Crippen LogP contribution >= 0.6 is 0 Å². The zero-order valence-corrected chi connectivity index (χ0v) is 13.5. The minimum atomic E-state index is -3.32. The van der Waals surface area contributed by atoms with Gasteiger partial charge in [-0.3, -0.25) is 0 Å². The average Bonchev–Trinajstić information content (AvgIpc) is 2.78. The SMILES string of the molecule is O=S1(=O)C[C@]2(c3ccccc3)CC[C@@](c3ccccc3)(C1)OO2. The Morgan fingerprint density at radius 2 is 1.09 bits per heavy atom. The van der Waals surface area contributed by atoms with Crippen LogP contribution in [0.1, 0.15) is 24.0 Å². The number of benzene rings is 2. The van der Waals surface area contributed by atoms with Crippen molar-refractivity contribution in [1.29, 1.82) is 0 Å². The Kier molecular flexibility index (Phi) is 3.34. The lowest BCUT2D eigenvalue weighted by Gasteiger charge is -2.40. The van der Waals surface area contributed by atoms with Gasteiger partial charge in [-0.15, -0.1) is 0 Å². The van der Waals surface area contributed by atoms with Crippen LogP contribution in [0.4, 0.5) is 0 Å². The molecule has 5 rings (SSSR count). The van der Waals surface area contributed by atoms with E-state index in [4.69, 9.17) is 9.78 Å². The first-order valence-corrected chi connectivity index (χ1v) is 9.54. The van der Waals surface area contributed by atoms with E-state index in [1.54, 1.807) is 0 Å². The van der Waals surface area contributed by atoms with Crippen molar-refractivity contribution in [2.24, 2.45) is 0 Å². The maximum Gasteiger partial charge on any atom is 0.156 e. The van der Waals surface area contributed by atoms with Crippen LogP contribution < -0.4 is 0 Å². The van der Waals surface area contributed by atoms with Crippen LogP contribution in [-0.2, 0) is 30.8 Å². The third kappa shape index (κ3) is 2.49. The predicted octanol–water partition coefficient (Wildman–Crippen LogP) is 2.95. The number of fused-ring (bicyclic) bond motifs is 4. The van der Waals surface area contributed by atoms with E-state index in [0.717, 1.165) is 11.1 Å². The summed E-state index contributed by atoms with van der Waals surface area (Å²) in [6, 6.07) is 19.0. The molecule has 0 spiro atoms. The van der Waals surface area contributed by atoms with Gasteiger partial charge in [0.05, 0.1) is 11.5 Å². The van der Waals surface area contributed by atoms with Gasteiger partial charge in [0.25, 0.3) is 0 Å². The van der Waals surface area contributed by atoms with Crippen molar-refractivity contribution in [3.05, 3.63) is 71.8 Å². The standard InChI is InChI=1S/C18H18O4S/c19-23(20)13-17(15-7-3-1-4-8-15)11-12-18(14-23,22-21-17)16-9-5-2-6-10-16/h1-10H,11-14H2/t17-,18-/m0/s1. The summed E-state index contributed by atoms with van der Waals surface area (Å²) >= 11 is 0. The fraction of sp³-hybridized carbons (Fsp3) is 0.333. The van der Waals surface area contributed by atoms with Crippen molar-refractivity contribution < 1.29 is 18.2 Å². The molecule has 3 saturated heterocycles. The molecule has 0 radical (unpaired) electrons. The van der Waals surface area contributed by atoms with Gasteiger partial charge in [0, 0.05) is 0 Å². The molecule has 4 nitrogen and oxygen atoms in total. The van der Waals surface area contributed by atoms with E-state index in [9.17, 15) is 8.42 Å². The highest BCUT2D eigenvalue weighted by Crippen LogP contribution is 2.49. The average molecular weight is 330 g/mol. The lowest BCUT2D eigenvalue weighted by molar-refractivity contribution is -0.438. The third-order valence-electron chi connectivity index (χ3n) is 4.80. The second-order valence-electron chi connectivity index (χ2n) is 6.42. The molecule has 0 N–H and O–H groups in total. The molecule has 23 heavy (non-hydrogen) atoms. The van der Waals surface area contributed by atoms with E-state index in [1.165, 1.54) is 0 Å². The highest BCUT2D eigenvalue weighted by molar-refractivity contribution is 7.91. The Balaban J connectivity index is 1.80. The lowest BCUT2D eigenvalue weighted by atomic mass is 9.82. The fourth-order valence-electron chi connectivity index (χ4n) is 3.64. The normalized spacial score (nSPS) is 32.3. The van der Waals surface area contributed by atoms with Crippen LogP contribution in [0, 0.1) is 0 Å². The molecule has 2 aromatic rings. The molecule has 3 aliphatic heterocycles. The van der Waals surface area contributed by atoms with Crippen molar-refractivity contribution >= 4 is 9.84 Å². The Labute approximate surface area is 135 Å². The molecular weight excluding hydrogens is 312 g/mol. The van der Waals surface area contributed by atoms with Gasteiger partial charge in [-0.05, 0) is 24.0 Å². The zero-order chi connectivity index (χ0) is 16.0. The molecule has 0 aromatic heterocycles. The fourth-order valence-corrected chi connectivity index (χ4v) is 5.88. The van der Waals surface area contributed by atoms with Gasteiger partial charge < -0.3 is 0 Å². The molecule has 2 bridgehead atoms. The van der Waals surface area contributed by atoms with Crippen molar-refractivity contribution in [1.82, 2.24) is 0 Å². The van der Waals surface area contributed by atoms with Crippen LogP contribution in [-0.4, -0.2) is 19.9 Å². The molecule has 3 aliphatic rings. The molecule has 2 aromatic carbocycles. The van der Waals surface area contributed by atoms with E-state index < -0.39 is 21.0 Å². The van der Waals surface area contributed by atoms with Gasteiger partial charge in [0.2, 0.25) is 0 Å². The summed E-state index contributed by atoms with van der Waals surface area (Å²) < 4.78 is 25.5. The molecule has 2 atom stereocenters. The largest absolute Gasteiger partial charge is 0.229 e. The van der Waals surface area contributed by atoms with Crippen molar-refractivity contribution in [2.45, 2.75) is 24.0 Å². The van der Waals surface area contributed by atoms with Gasteiger partial charge in [0.1, 0.15) is 11.2 Å². The quantitative estimate of drug-likeness (QED) is 0.795. The number of rotatable bonds is 2. The second kappa shape index (κ2) is 5.16. The Hall–Kier alpha value is -1.69. The highest BCUT2D eigenvalue weighted by Gasteiger charge is 2.55. The smallest absolute Gasteiger partial charge is 0.156 e. The molecule has 0 aliphatic carbocycles. The number of sulfone groups is 1.